The molecule has 2 N–H and O–H groups in total. The van der Waals surface area contributed by atoms with Gasteiger partial charge in [0.05, 0.1) is 0 Å². The molecule has 0 saturated heterocycles. The van der Waals surface area contributed by atoms with Crippen LogP contribution in [0.5, 0.6) is 0 Å². The van der Waals surface area contributed by atoms with Gasteiger partial charge in [0.15, 0.2) is 0 Å². The van der Waals surface area contributed by atoms with Crippen LogP contribution in [0.15, 0.2) is 18.2 Å². The molecule has 0 fully saturated rings. The Morgan fingerprint density at radius 1 is 1.07 bits per heavy atom. The number of hydrogen-bond acceptors (Lipinski definition) is 2. The predicted octanol–water partition coefficient (Wildman–Crippen LogP) is 1.45. The van der Waals surface area contributed by atoms with Gasteiger partial charge in [-0.1, -0.05) is 18.2 Å². The molecule has 0 aliphatic carbocycles. The maximum atomic E-state index is 9.01. The van der Waals surface area contributed by atoms with Crippen LogP contribution < -0.4 is 0 Å². The topological polar surface area (TPSA) is 40.5 Å². The molecule has 0 aromatic heterocycles. The minimum Gasteiger partial charge on any atom is -0.396 e. The lowest BCUT2D eigenvalue weighted by Crippen LogP contribution is -2.15. The molecule has 14 heavy (non-hydrogen) atoms. The molecule has 0 radical (unpaired) electrons. The molecule has 1 aromatic carbocycles. The maximum Gasteiger partial charge on any atom is 0.0484 e. The largest absolute Gasteiger partial charge is 0.396 e. The molecule has 1 aromatic rings. The molecule has 0 unspecified atom stereocenters. The Balaban J connectivity index is 2.84. The van der Waals surface area contributed by atoms with E-state index in [2.05, 4.69) is 26.0 Å². The van der Waals surface area contributed by atoms with Gasteiger partial charge < -0.3 is 10.2 Å². The predicted molar refractivity (Wildman–Crippen MR) is 57.3 cm³/mol. The van der Waals surface area contributed by atoms with E-state index >= 15 is 0 Å². The summed E-state index contributed by atoms with van der Waals surface area (Å²) in [5.74, 6) is -0.0326. The average molecular weight is 194 g/mol. The summed E-state index contributed by atoms with van der Waals surface area (Å²) >= 11 is 0. The van der Waals surface area contributed by atoms with Gasteiger partial charge in [-0.05, 0) is 37.0 Å². The van der Waals surface area contributed by atoms with Gasteiger partial charge in [0, 0.05) is 19.1 Å². The molecular formula is C12H18O2. The van der Waals surface area contributed by atoms with Gasteiger partial charge in [0.25, 0.3) is 0 Å². The van der Waals surface area contributed by atoms with E-state index in [4.69, 9.17) is 10.2 Å². The third-order valence-corrected chi connectivity index (χ3v) is 2.65. The highest BCUT2D eigenvalue weighted by molar-refractivity contribution is 5.33. The Labute approximate surface area is 85.2 Å². The highest BCUT2D eigenvalue weighted by atomic mass is 16.3. The van der Waals surface area contributed by atoms with Crippen molar-refractivity contribution in [3.05, 3.63) is 34.9 Å². The number of aliphatic hydroxyl groups is 2. The van der Waals surface area contributed by atoms with Crippen LogP contribution in [0.2, 0.25) is 0 Å². The molecule has 0 spiro atoms. The summed E-state index contributed by atoms with van der Waals surface area (Å²) in [6.07, 6.45) is 0.755. The van der Waals surface area contributed by atoms with Crippen LogP contribution in [0.1, 0.15) is 16.7 Å². The highest BCUT2D eigenvalue weighted by Crippen LogP contribution is 2.17. The first kappa shape index (κ1) is 11.2. The summed E-state index contributed by atoms with van der Waals surface area (Å²) < 4.78 is 0. The normalized spacial score (nSPS) is 10.9. The van der Waals surface area contributed by atoms with Crippen LogP contribution in [0.3, 0.4) is 0 Å². The van der Waals surface area contributed by atoms with Gasteiger partial charge >= 0.3 is 0 Å². The number of rotatable bonds is 4. The molecule has 78 valence electrons. The SMILES string of the molecule is Cc1cccc(C)c1CC(CO)CO. The van der Waals surface area contributed by atoms with Crippen molar-refractivity contribution < 1.29 is 10.2 Å². The summed E-state index contributed by atoms with van der Waals surface area (Å²) in [4.78, 5) is 0. The second kappa shape index (κ2) is 5.13. The lowest BCUT2D eigenvalue weighted by molar-refractivity contribution is 0.150. The number of hydrogen-bond donors (Lipinski definition) is 2. The highest BCUT2D eigenvalue weighted by Gasteiger charge is 2.10. The molecule has 0 amide bonds. The number of aliphatic hydroxyl groups excluding tert-OH is 2. The Morgan fingerprint density at radius 3 is 2.00 bits per heavy atom. The Morgan fingerprint density at radius 2 is 1.57 bits per heavy atom. The third kappa shape index (κ3) is 2.56. The quantitative estimate of drug-likeness (QED) is 0.761. The van der Waals surface area contributed by atoms with Crippen molar-refractivity contribution in [1.82, 2.24) is 0 Å². The second-order valence-electron chi connectivity index (χ2n) is 3.81. The van der Waals surface area contributed by atoms with E-state index in [9.17, 15) is 0 Å². The Kier molecular flexibility index (Phi) is 4.11. The second-order valence-corrected chi connectivity index (χ2v) is 3.81. The Hall–Kier alpha value is -0.860. The lowest BCUT2D eigenvalue weighted by atomic mass is 9.93. The molecular weight excluding hydrogens is 176 g/mol. The van der Waals surface area contributed by atoms with Gasteiger partial charge in [-0.25, -0.2) is 0 Å². The van der Waals surface area contributed by atoms with Crippen LogP contribution >= 0.6 is 0 Å². The van der Waals surface area contributed by atoms with Crippen molar-refractivity contribution >= 4 is 0 Å². The smallest absolute Gasteiger partial charge is 0.0484 e. The minimum atomic E-state index is -0.0326. The standard InChI is InChI=1S/C12H18O2/c1-9-4-3-5-10(2)12(9)6-11(7-13)8-14/h3-5,11,13-14H,6-8H2,1-2H3. The molecule has 2 heteroatoms. The summed E-state index contributed by atoms with van der Waals surface area (Å²) in [7, 11) is 0. The lowest BCUT2D eigenvalue weighted by Gasteiger charge is -2.15. The van der Waals surface area contributed by atoms with Gasteiger partial charge in [-0.15, -0.1) is 0 Å². The zero-order chi connectivity index (χ0) is 10.6. The van der Waals surface area contributed by atoms with Crippen LogP contribution in [-0.4, -0.2) is 23.4 Å². The van der Waals surface area contributed by atoms with Crippen molar-refractivity contribution in [2.45, 2.75) is 20.3 Å². The first-order valence-electron chi connectivity index (χ1n) is 4.95. The summed E-state index contributed by atoms with van der Waals surface area (Å²) in [6.45, 7) is 4.22. The zero-order valence-corrected chi connectivity index (χ0v) is 8.83. The van der Waals surface area contributed by atoms with Gasteiger partial charge in [-0.3, -0.25) is 0 Å². The van der Waals surface area contributed by atoms with Gasteiger partial charge in [0.2, 0.25) is 0 Å². The molecule has 0 heterocycles. The van der Waals surface area contributed by atoms with E-state index in [1.54, 1.807) is 0 Å². The minimum absolute atomic E-state index is 0.0326. The van der Waals surface area contributed by atoms with E-state index in [1.807, 2.05) is 6.07 Å². The van der Waals surface area contributed by atoms with Gasteiger partial charge in [0.1, 0.15) is 0 Å². The third-order valence-electron chi connectivity index (χ3n) is 2.65. The fraction of sp³-hybridized carbons (Fsp3) is 0.500. The van der Waals surface area contributed by atoms with E-state index in [0.717, 1.165) is 6.42 Å². The van der Waals surface area contributed by atoms with E-state index < -0.39 is 0 Å². The van der Waals surface area contributed by atoms with Crippen LogP contribution in [-0.2, 0) is 6.42 Å². The molecule has 0 aliphatic heterocycles. The van der Waals surface area contributed by atoms with Crippen LogP contribution in [0.4, 0.5) is 0 Å². The maximum absolute atomic E-state index is 9.01. The van der Waals surface area contributed by atoms with E-state index in [1.165, 1.54) is 16.7 Å². The summed E-state index contributed by atoms with van der Waals surface area (Å²) in [5.41, 5.74) is 3.72. The van der Waals surface area contributed by atoms with E-state index in [-0.39, 0.29) is 19.1 Å². The number of benzene rings is 1. The zero-order valence-electron chi connectivity index (χ0n) is 8.83. The molecule has 1 rings (SSSR count). The molecule has 0 aliphatic rings. The van der Waals surface area contributed by atoms with Gasteiger partial charge in [-0.2, -0.15) is 0 Å². The van der Waals surface area contributed by atoms with Crippen LogP contribution in [0.25, 0.3) is 0 Å². The monoisotopic (exact) mass is 194 g/mol. The van der Waals surface area contributed by atoms with Crippen molar-refractivity contribution in [1.29, 1.82) is 0 Å². The first-order chi connectivity index (χ1) is 6.69. The van der Waals surface area contributed by atoms with Crippen molar-refractivity contribution in [3.63, 3.8) is 0 Å². The fourth-order valence-corrected chi connectivity index (χ4v) is 1.65. The average Bonchev–Trinajstić information content (AvgIpc) is 2.18. The molecule has 0 saturated carbocycles. The molecule has 0 atom stereocenters. The van der Waals surface area contributed by atoms with E-state index in [0.29, 0.717) is 0 Å². The van der Waals surface area contributed by atoms with Crippen molar-refractivity contribution in [2.75, 3.05) is 13.2 Å². The fourth-order valence-electron chi connectivity index (χ4n) is 1.65. The van der Waals surface area contributed by atoms with Crippen molar-refractivity contribution in [2.24, 2.45) is 5.92 Å². The Bertz CT molecular complexity index is 270. The first-order valence-corrected chi connectivity index (χ1v) is 4.95. The summed E-state index contributed by atoms with van der Waals surface area (Å²) in [5, 5.41) is 18.0. The summed E-state index contributed by atoms with van der Waals surface area (Å²) in [6, 6.07) is 6.16. The molecule has 2 nitrogen and oxygen atoms in total. The number of aryl methyl sites for hydroxylation is 2. The van der Waals surface area contributed by atoms with Crippen LogP contribution in [0, 0.1) is 19.8 Å². The van der Waals surface area contributed by atoms with Crippen molar-refractivity contribution in [3.8, 4) is 0 Å². The molecule has 0 bridgehead atoms.